The average Bonchev–Trinajstić information content (AvgIpc) is 2.77. The Labute approximate surface area is 101 Å². The summed E-state index contributed by atoms with van der Waals surface area (Å²) in [6, 6.07) is 5.85. The second-order valence-electron chi connectivity index (χ2n) is 4.45. The number of aromatic nitrogens is 3. The van der Waals surface area contributed by atoms with Gasteiger partial charge < -0.3 is 5.11 Å². The highest BCUT2D eigenvalue weighted by Crippen LogP contribution is 2.22. The molecule has 2 aromatic heterocycles. The van der Waals surface area contributed by atoms with Crippen molar-refractivity contribution >= 4 is 0 Å². The predicted molar refractivity (Wildman–Crippen MR) is 65.6 cm³/mol. The molecule has 0 aliphatic heterocycles. The van der Waals surface area contributed by atoms with Crippen LogP contribution in [0.4, 0.5) is 0 Å². The number of rotatable bonds is 3. The molecule has 1 N–H and O–H groups in total. The lowest BCUT2D eigenvalue weighted by atomic mass is 10.1. The predicted octanol–water partition coefficient (Wildman–Crippen LogP) is 2.25. The Bertz CT molecular complexity index is 505. The van der Waals surface area contributed by atoms with Gasteiger partial charge in [0.2, 0.25) is 0 Å². The van der Waals surface area contributed by atoms with E-state index < -0.39 is 6.10 Å². The zero-order valence-electron chi connectivity index (χ0n) is 10.3. The molecule has 0 bridgehead atoms. The summed E-state index contributed by atoms with van der Waals surface area (Å²) < 4.78 is 1.81. The number of aliphatic hydroxyl groups excluding tert-OH is 1. The van der Waals surface area contributed by atoms with Gasteiger partial charge in [-0.25, -0.2) is 0 Å². The first-order valence-electron chi connectivity index (χ1n) is 5.73. The molecule has 0 aliphatic rings. The quantitative estimate of drug-likeness (QED) is 0.881. The van der Waals surface area contributed by atoms with Crippen molar-refractivity contribution in [2.75, 3.05) is 0 Å². The normalized spacial score (nSPS) is 13.0. The van der Waals surface area contributed by atoms with Crippen LogP contribution in [-0.4, -0.2) is 19.9 Å². The Kier molecular flexibility index (Phi) is 3.24. The number of aryl methyl sites for hydroxylation is 1. The molecule has 1 unspecified atom stereocenters. The Balaban J connectivity index is 2.37. The summed E-state index contributed by atoms with van der Waals surface area (Å²) in [6.07, 6.45) is 2.69. The Morgan fingerprint density at radius 3 is 2.65 bits per heavy atom. The van der Waals surface area contributed by atoms with Gasteiger partial charge in [0.15, 0.2) is 0 Å². The summed E-state index contributed by atoms with van der Waals surface area (Å²) in [4.78, 5) is 4.20. The van der Waals surface area contributed by atoms with Crippen LogP contribution < -0.4 is 0 Å². The first kappa shape index (κ1) is 11.8. The van der Waals surface area contributed by atoms with E-state index >= 15 is 0 Å². The smallest absolute Gasteiger partial charge is 0.137 e. The van der Waals surface area contributed by atoms with Crippen LogP contribution in [0, 0.1) is 6.92 Å². The number of hydrogen-bond donors (Lipinski definition) is 1. The van der Waals surface area contributed by atoms with Crippen LogP contribution in [0.2, 0.25) is 0 Å². The van der Waals surface area contributed by atoms with E-state index in [2.05, 4.69) is 10.1 Å². The fourth-order valence-electron chi connectivity index (χ4n) is 1.83. The van der Waals surface area contributed by atoms with Crippen LogP contribution in [0.1, 0.15) is 42.9 Å². The third-order valence-corrected chi connectivity index (χ3v) is 2.69. The summed E-state index contributed by atoms with van der Waals surface area (Å²) in [5.41, 5.74) is 2.52. The van der Waals surface area contributed by atoms with Crippen molar-refractivity contribution in [3.63, 3.8) is 0 Å². The summed E-state index contributed by atoms with van der Waals surface area (Å²) >= 11 is 0. The maximum atomic E-state index is 10.3. The minimum atomic E-state index is -0.722. The van der Waals surface area contributed by atoms with Crippen LogP contribution in [0.3, 0.4) is 0 Å². The average molecular weight is 231 g/mol. The van der Waals surface area contributed by atoms with Crippen molar-refractivity contribution < 1.29 is 5.11 Å². The van der Waals surface area contributed by atoms with Gasteiger partial charge in [-0.05, 0) is 44.5 Å². The first-order valence-corrected chi connectivity index (χ1v) is 5.73. The Morgan fingerprint density at radius 1 is 1.24 bits per heavy atom. The monoisotopic (exact) mass is 231 g/mol. The summed E-state index contributed by atoms with van der Waals surface area (Å²) in [7, 11) is 0. The largest absolute Gasteiger partial charge is 0.380 e. The van der Waals surface area contributed by atoms with Crippen molar-refractivity contribution in [3.8, 4) is 0 Å². The topological polar surface area (TPSA) is 50.9 Å². The van der Waals surface area contributed by atoms with E-state index in [9.17, 15) is 5.11 Å². The highest BCUT2D eigenvalue weighted by Gasteiger charge is 2.17. The lowest BCUT2D eigenvalue weighted by molar-refractivity contribution is 0.200. The minimum Gasteiger partial charge on any atom is -0.380 e. The fourth-order valence-corrected chi connectivity index (χ4v) is 1.83. The van der Waals surface area contributed by atoms with Gasteiger partial charge in [0.05, 0.1) is 11.4 Å². The van der Waals surface area contributed by atoms with E-state index in [-0.39, 0.29) is 6.04 Å². The van der Waals surface area contributed by atoms with Crippen LogP contribution in [0.5, 0.6) is 0 Å². The van der Waals surface area contributed by atoms with Crippen molar-refractivity contribution in [2.45, 2.75) is 32.9 Å². The van der Waals surface area contributed by atoms with Crippen LogP contribution in [-0.2, 0) is 0 Å². The number of pyridine rings is 1. The zero-order chi connectivity index (χ0) is 12.4. The molecule has 4 heteroatoms. The van der Waals surface area contributed by atoms with Gasteiger partial charge in [0, 0.05) is 18.4 Å². The highest BCUT2D eigenvalue weighted by molar-refractivity contribution is 5.23. The van der Waals surface area contributed by atoms with E-state index in [4.69, 9.17) is 0 Å². The second kappa shape index (κ2) is 4.67. The molecule has 0 spiro atoms. The standard InChI is InChI=1S/C13H17N3O/c1-9(2)16-12(5-7-15-16)13(17)11-8-10(3)4-6-14-11/h4-9,13,17H,1-3H3. The zero-order valence-corrected chi connectivity index (χ0v) is 10.3. The van der Waals surface area contributed by atoms with Crippen molar-refractivity contribution in [2.24, 2.45) is 0 Å². The fraction of sp³-hybridized carbons (Fsp3) is 0.385. The van der Waals surface area contributed by atoms with E-state index in [1.165, 1.54) is 0 Å². The van der Waals surface area contributed by atoms with E-state index in [1.54, 1.807) is 12.4 Å². The van der Waals surface area contributed by atoms with E-state index in [0.29, 0.717) is 5.69 Å². The molecular formula is C13H17N3O. The van der Waals surface area contributed by atoms with Crippen LogP contribution in [0.25, 0.3) is 0 Å². The van der Waals surface area contributed by atoms with Crippen LogP contribution in [0.15, 0.2) is 30.6 Å². The van der Waals surface area contributed by atoms with Crippen LogP contribution >= 0.6 is 0 Å². The third-order valence-electron chi connectivity index (χ3n) is 2.69. The molecule has 0 aromatic carbocycles. The van der Waals surface area contributed by atoms with Crippen molar-refractivity contribution in [1.82, 2.24) is 14.8 Å². The second-order valence-corrected chi connectivity index (χ2v) is 4.45. The number of nitrogens with zero attached hydrogens (tertiary/aromatic N) is 3. The molecule has 90 valence electrons. The molecule has 0 radical (unpaired) electrons. The SMILES string of the molecule is Cc1ccnc(C(O)c2ccnn2C(C)C)c1. The number of aliphatic hydroxyl groups is 1. The molecular weight excluding hydrogens is 214 g/mol. The molecule has 2 heterocycles. The number of hydrogen-bond acceptors (Lipinski definition) is 3. The summed E-state index contributed by atoms with van der Waals surface area (Å²) in [5, 5.41) is 14.5. The van der Waals surface area contributed by atoms with Gasteiger partial charge in [-0.2, -0.15) is 5.10 Å². The Hall–Kier alpha value is -1.68. The minimum absolute atomic E-state index is 0.222. The van der Waals surface area contributed by atoms with Gasteiger partial charge in [-0.15, -0.1) is 0 Å². The molecule has 17 heavy (non-hydrogen) atoms. The lowest BCUT2D eigenvalue weighted by Gasteiger charge is -2.15. The molecule has 0 fully saturated rings. The molecule has 2 rings (SSSR count). The van der Waals surface area contributed by atoms with Gasteiger partial charge in [0.25, 0.3) is 0 Å². The lowest BCUT2D eigenvalue weighted by Crippen LogP contribution is -2.13. The molecule has 0 saturated heterocycles. The molecule has 1 atom stereocenters. The van der Waals surface area contributed by atoms with E-state index in [1.807, 2.05) is 43.7 Å². The summed E-state index contributed by atoms with van der Waals surface area (Å²) in [5.74, 6) is 0. The maximum Gasteiger partial charge on any atom is 0.137 e. The molecule has 4 nitrogen and oxygen atoms in total. The maximum absolute atomic E-state index is 10.3. The first-order chi connectivity index (χ1) is 8.09. The molecule has 0 saturated carbocycles. The Morgan fingerprint density at radius 2 is 2.00 bits per heavy atom. The van der Waals surface area contributed by atoms with Gasteiger partial charge in [0.1, 0.15) is 6.10 Å². The van der Waals surface area contributed by atoms with Gasteiger partial charge in [-0.1, -0.05) is 0 Å². The van der Waals surface area contributed by atoms with E-state index in [0.717, 1.165) is 11.3 Å². The van der Waals surface area contributed by atoms with Gasteiger partial charge >= 0.3 is 0 Å². The van der Waals surface area contributed by atoms with Crippen molar-refractivity contribution in [1.29, 1.82) is 0 Å². The van der Waals surface area contributed by atoms with Gasteiger partial charge in [-0.3, -0.25) is 9.67 Å². The highest BCUT2D eigenvalue weighted by atomic mass is 16.3. The van der Waals surface area contributed by atoms with Crippen molar-refractivity contribution in [3.05, 3.63) is 47.5 Å². The third kappa shape index (κ3) is 2.36. The summed E-state index contributed by atoms with van der Waals surface area (Å²) in [6.45, 7) is 6.05. The molecule has 2 aromatic rings. The molecule has 0 amide bonds. The molecule has 0 aliphatic carbocycles.